The van der Waals surface area contributed by atoms with Crippen LogP contribution in [0.2, 0.25) is 5.02 Å². The number of piperidine rings is 1. The molecule has 2 aromatic carbocycles. The molecule has 32 heavy (non-hydrogen) atoms. The van der Waals surface area contributed by atoms with Crippen molar-refractivity contribution in [3.05, 3.63) is 53.2 Å². The van der Waals surface area contributed by atoms with E-state index in [1.54, 1.807) is 0 Å². The molecule has 7 heteroatoms. The summed E-state index contributed by atoms with van der Waals surface area (Å²) in [4.78, 5) is 16.1. The maximum atomic E-state index is 12.9. The third-order valence-electron chi connectivity index (χ3n) is 5.71. The predicted molar refractivity (Wildman–Crippen MR) is 132 cm³/mol. The lowest BCUT2D eigenvalue weighted by Crippen LogP contribution is -2.35. The van der Waals surface area contributed by atoms with Gasteiger partial charge in [0.25, 0.3) is 5.91 Å². The van der Waals surface area contributed by atoms with Gasteiger partial charge in [-0.3, -0.25) is 4.79 Å². The summed E-state index contributed by atoms with van der Waals surface area (Å²) in [5, 5.41) is 11.5. The minimum Gasteiger partial charge on any atom is -0.494 e. The smallest absolute Gasteiger partial charge is 0.272 e. The maximum absolute atomic E-state index is 12.9. The van der Waals surface area contributed by atoms with Gasteiger partial charge in [0.2, 0.25) is 0 Å². The van der Waals surface area contributed by atoms with E-state index in [4.69, 9.17) is 16.3 Å². The fraction of sp³-hybridized carbons (Fsp3) is 0.400. The Labute approximate surface area is 194 Å². The molecule has 0 radical (unpaired) electrons. The van der Waals surface area contributed by atoms with Crippen LogP contribution in [0.1, 0.15) is 43.6 Å². The van der Waals surface area contributed by atoms with Crippen molar-refractivity contribution in [3.8, 4) is 5.75 Å². The number of carbonyl (C=O) groups excluding carboxylic acids is 1. The predicted octanol–water partition coefficient (Wildman–Crippen LogP) is 5.66. The van der Waals surface area contributed by atoms with Crippen molar-refractivity contribution in [3.63, 3.8) is 0 Å². The Balaban J connectivity index is 1.45. The normalized spacial score (nSPS) is 14.6. The average molecular weight is 455 g/mol. The summed E-state index contributed by atoms with van der Waals surface area (Å²) in [6.07, 6.45) is 3.12. The third-order valence-corrected chi connectivity index (χ3v) is 5.93. The van der Waals surface area contributed by atoms with Crippen LogP contribution in [-0.4, -0.2) is 36.6 Å². The summed E-state index contributed by atoms with van der Waals surface area (Å²) in [6.45, 7) is 7.04. The Hall–Kier alpha value is -2.70. The Kier molecular flexibility index (Phi) is 7.22. The van der Waals surface area contributed by atoms with Crippen LogP contribution in [-0.2, 0) is 0 Å². The Morgan fingerprint density at radius 1 is 1.16 bits per heavy atom. The lowest BCUT2D eigenvalue weighted by Gasteiger charge is -2.25. The number of hydrogen-bond donors (Lipinski definition) is 4. The first-order chi connectivity index (χ1) is 15.5. The number of ether oxygens (including phenoxy) is 1. The van der Waals surface area contributed by atoms with Gasteiger partial charge in [-0.1, -0.05) is 25.4 Å². The number of rotatable bonds is 8. The Morgan fingerprint density at radius 2 is 1.91 bits per heavy atom. The maximum Gasteiger partial charge on any atom is 0.272 e. The monoisotopic (exact) mass is 454 g/mol. The molecule has 2 heterocycles. The molecule has 0 atom stereocenters. The number of aromatic nitrogens is 1. The summed E-state index contributed by atoms with van der Waals surface area (Å²) in [6, 6.07) is 13.5. The molecule has 1 aliphatic heterocycles. The van der Waals surface area contributed by atoms with E-state index in [1.165, 1.54) is 0 Å². The highest BCUT2D eigenvalue weighted by atomic mass is 35.5. The fourth-order valence-corrected chi connectivity index (χ4v) is 4.10. The summed E-state index contributed by atoms with van der Waals surface area (Å²) >= 11 is 6.35. The van der Waals surface area contributed by atoms with Crippen LogP contribution in [0.15, 0.2) is 42.5 Å². The van der Waals surface area contributed by atoms with Gasteiger partial charge in [-0.15, -0.1) is 0 Å². The number of amides is 1. The summed E-state index contributed by atoms with van der Waals surface area (Å²) < 4.78 is 5.75. The van der Waals surface area contributed by atoms with Crippen molar-refractivity contribution in [1.29, 1.82) is 0 Å². The van der Waals surface area contributed by atoms with Gasteiger partial charge < -0.3 is 25.7 Å². The molecule has 0 unspecified atom stereocenters. The summed E-state index contributed by atoms with van der Waals surface area (Å²) in [5.41, 5.74) is 3.04. The molecule has 1 fully saturated rings. The third kappa shape index (κ3) is 5.75. The number of halogens is 1. The van der Waals surface area contributed by atoms with Crippen molar-refractivity contribution in [2.24, 2.45) is 5.92 Å². The first kappa shape index (κ1) is 22.5. The molecule has 1 amide bonds. The quantitative estimate of drug-likeness (QED) is 0.354. The van der Waals surface area contributed by atoms with Gasteiger partial charge in [0.15, 0.2) is 0 Å². The Bertz CT molecular complexity index is 1060. The number of H-pyrrole nitrogens is 1. The summed E-state index contributed by atoms with van der Waals surface area (Å²) in [7, 11) is 0. The first-order valence-corrected chi connectivity index (χ1v) is 11.7. The van der Waals surface area contributed by atoms with Crippen molar-refractivity contribution < 1.29 is 9.53 Å². The van der Waals surface area contributed by atoms with E-state index in [-0.39, 0.29) is 5.91 Å². The number of benzene rings is 2. The standard InChI is InChI=1S/C25H31ClN4O2/c1-16(2)9-12-32-21-5-3-19(4-6-21)29-25(31)23-14-17-13-18(26)15-22(24(17)30-23)28-20-7-10-27-11-8-20/h3-6,13-16,20,27-28,30H,7-12H2,1-2H3,(H,29,31). The van der Waals surface area contributed by atoms with Gasteiger partial charge in [0.05, 0.1) is 17.8 Å². The van der Waals surface area contributed by atoms with Gasteiger partial charge in [0, 0.05) is 22.1 Å². The fourth-order valence-electron chi connectivity index (χ4n) is 3.88. The highest BCUT2D eigenvalue weighted by molar-refractivity contribution is 6.32. The second-order valence-electron chi connectivity index (χ2n) is 8.78. The number of anilines is 2. The van der Waals surface area contributed by atoms with Crippen LogP contribution in [0, 0.1) is 5.92 Å². The van der Waals surface area contributed by atoms with E-state index in [1.807, 2.05) is 42.5 Å². The average Bonchev–Trinajstić information content (AvgIpc) is 3.20. The van der Waals surface area contributed by atoms with E-state index in [2.05, 4.69) is 34.8 Å². The van der Waals surface area contributed by atoms with E-state index >= 15 is 0 Å². The molecule has 1 aromatic heterocycles. The molecular formula is C25H31ClN4O2. The van der Waals surface area contributed by atoms with Crippen LogP contribution in [0.3, 0.4) is 0 Å². The van der Waals surface area contributed by atoms with E-state index in [0.29, 0.717) is 29.3 Å². The van der Waals surface area contributed by atoms with Gasteiger partial charge in [-0.05, 0) is 80.7 Å². The number of carbonyl (C=O) groups is 1. The largest absolute Gasteiger partial charge is 0.494 e. The molecule has 0 aliphatic carbocycles. The molecule has 4 rings (SSSR count). The zero-order chi connectivity index (χ0) is 22.5. The highest BCUT2D eigenvalue weighted by Gasteiger charge is 2.17. The zero-order valence-corrected chi connectivity index (χ0v) is 19.4. The van der Waals surface area contributed by atoms with Crippen molar-refractivity contribution >= 4 is 39.8 Å². The van der Waals surface area contributed by atoms with Crippen molar-refractivity contribution in [2.75, 3.05) is 30.3 Å². The number of hydrogen-bond acceptors (Lipinski definition) is 4. The molecule has 170 valence electrons. The van der Waals surface area contributed by atoms with Crippen LogP contribution in [0.4, 0.5) is 11.4 Å². The van der Waals surface area contributed by atoms with Gasteiger partial charge in [-0.25, -0.2) is 0 Å². The minimum absolute atomic E-state index is 0.196. The molecule has 6 nitrogen and oxygen atoms in total. The molecule has 0 spiro atoms. The molecule has 0 saturated carbocycles. The molecule has 0 bridgehead atoms. The molecular weight excluding hydrogens is 424 g/mol. The number of aromatic amines is 1. The number of fused-ring (bicyclic) bond motifs is 1. The molecule has 1 saturated heterocycles. The van der Waals surface area contributed by atoms with Gasteiger partial charge in [-0.2, -0.15) is 0 Å². The first-order valence-electron chi connectivity index (χ1n) is 11.3. The van der Waals surface area contributed by atoms with Crippen LogP contribution in [0.25, 0.3) is 10.9 Å². The molecule has 1 aliphatic rings. The topological polar surface area (TPSA) is 78.2 Å². The second kappa shape index (κ2) is 10.3. The van der Waals surface area contributed by atoms with Crippen LogP contribution < -0.4 is 20.7 Å². The van der Waals surface area contributed by atoms with Gasteiger partial charge in [0.1, 0.15) is 11.4 Å². The lowest BCUT2D eigenvalue weighted by molar-refractivity contribution is 0.102. The van der Waals surface area contributed by atoms with Crippen LogP contribution >= 0.6 is 11.6 Å². The summed E-state index contributed by atoms with van der Waals surface area (Å²) in [5.74, 6) is 1.21. The highest BCUT2D eigenvalue weighted by Crippen LogP contribution is 2.30. The Morgan fingerprint density at radius 3 is 2.62 bits per heavy atom. The van der Waals surface area contributed by atoms with Gasteiger partial charge >= 0.3 is 0 Å². The van der Waals surface area contributed by atoms with E-state index < -0.39 is 0 Å². The minimum atomic E-state index is -0.196. The van der Waals surface area contributed by atoms with E-state index in [9.17, 15) is 4.79 Å². The molecule has 4 N–H and O–H groups in total. The molecule has 3 aromatic rings. The van der Waals surface area contributed by atoms with Crippen LogP contribution in [0.5, 0.6) is 5.75 Å². The zero-order valence-electron chi connectivity index (χ0n) is 18.6. The lowest BCUT2D eigenvalue weighted by atomic mass is 10.1. The van der Waals surface area contributed by atoms with E-state index in [0.717, 1.165) is 60.4 Å². The van der Waals surface area contributed by atoms with Crippen molar-refractivity contribution in [2.45, 2.75) is 39.2 Å². The second-order valence-corrected chi connectivity index (χ2v) is 9.22. The SMILES string of the molecule is CC(C)CCOc1ccc(NC(=O)c2cc3cc(Cl)cc(NC4CCNCC4)c3[nH]2)cc1. The number of nitrogens with one attached hydrogen (secondary N) is 4. The van der Waals surface area contributed by atoms with Crippen molar-refractivity contribution in [1.82, 2.24) is 10.3 Å².